The number of hydrogen-bond donors (Lipinski definition) is 1. The van der Waals surface area contributed by atoms with Crippen molar-refractivity contribution in [2.24, 2.45) is 0 Å². The van der Waals surface area contributed by atoms with Gasteiger partial charge in [-0.1, -0.05) is 12.1 Å². The number of benzene rings is 1. The van der Waals surface area contributed by atoms with Gasteiger partial charge in [-0.3, -0.25) is 10.1 Å². The second-order valence-electron chi connectivity index (χ2n) is 8.04. The van der Waals surface area contributed by atoms with Gasteiger partial charge in [0.1, 0.15) is 0 Å². The van der Waals surface area contributed by atoms with Crippen molar-refractivity contribution >= 4 is 17.8 Å². The molecule has 2 bridgehead atoms. The maximum Gasteiger partial charge on any atom is 0.338 e. The number of aromatic nitrogens is 2. The Morgan fingerprint density at radius 2 is 1.83 bits per heavy atom. The second kappa shape index (κ2) is 6.33. The summed E-state index contributed by atoms with van der Waals surface area (Å²) in [6.07, 6.45) is 2.68. The molecule has 2 aliphatic carbocycles. The summed E-state index contributed by atoms with van der Waals surface area (Å²) >= 11 is 0. The Bertz CT molecular complexity index is 1020. The molecule has 1 aromatic carbocycles. The van der Waals surface area contributed by atoms with Gasteiger partial charge in [0.05, 0.1) is 36.1 Å². The zero-order valence-electron chi connectivity index (χ0n) is 16.3. The Balaban J connectivity index is 1.40. The van der Waals surface area contributed by atoms with Gasteiger partial charge in [0.25, 0.3) is 5.91 Å². The van der Waals surface area contributed by atoms with Gasteiger partial charge in [0.2, 0.25) is 5.95 Å². The number of esters is 1. The highest BCUT2D eigenvalue weighted by Crippen LogP contribution is 2.58. The molecule has 1 aromatic heterocycles. The molecule has 3 aliphatic rings. The first-order chi connectivity index (χ1) is 13.9. The number of hydrogen-bond acceptors (Lipinski definition) is 7. The normalized spacial score (nSPS) is 28.0. The monoisotopic (exact) mass is 395 g/mol. The molecule has 1 amide bonds. The zero-order valence-corrected chi connectivity index (χ0v) is 16.3. The van der Waals surface area contributed by atoms with Crippen LogP contribution in [-0.2, 0) is 14.2 Å². The van der Waals surface area contributed by atoms with Crippen LogP contribution in [0.1, 0.15) is 64.1 Å². The van der Waals surface area contributed by atoms with Crippen molar-refractivity contribution in [2.45, 2.75) is 50.1 Å². The molecule has 0 unspecified atom stereocenters. The van der Waals surface area contributed by atoms with Crippen molar-refractivity contribution in [1.29, 1.82) is 0 Å². The summed E-state index contributed by atoms with van der Waals surface area (Å²) in [5.41, 5.74) is 2.36. The predicted octanol–water partition coefficient (Wildman–Crippen LogP) is 2.62. The van der Waals surface area contributed by atoms with E-state index in [4.69, 9.17) is 14.2 Å². The molecule has 29 heavy (non-hydrogen) atoms. The number of carbonyl (C=O) groups is 2. The Morgan fingerprint density at radius 1 is 1.14 bits per heavy atom. The van der Waals surface area contributed by atoms with E-state index in [-0.39, 0.29) is 41.1 Å². The molecule has 1 saturated carbocycles. The Hall–Kier alpha value is -2.84. The van der Waals surface area contributed by atoms with Crippen LogP contribution in [0.4, 0.5) is 5.95 Å². The molecule has 0 radical (unpaired) electrons. The molecule has 1 N–H and O–H groups in total. The van der Waals surface area contributed by atoms with E-state index in [0.717, 1.165) is 17.7 Å². The fraction of sp³-hybridized carbons (Fsp3) is 0.429. The highest BCUT2D eigenvalue weighted by atomic mass is 16.8. The molecule has 2 fully saturated rings. The molecular weight excluding hydrogens is 374 g/mol. The van der Waals surface area contributed by atoms with Crippen LogP contribution in [-0.4, -0.2) is 46.9 Å². The Kier molecular flexibility index (Phi) is 3.97. The minimum atomic E-state index is -0.601. The molecule has 2 aromatic rings. The first kappa shape index (κ1) is 18.2. The number of ether oxygens (including phenoxy) is 3. The highest BCUT2D eigenvalue weighted by Gasteiger charge is 2.59. The quantitative estimate of drug-likeness (QED) is 0.798. The van der Waals surface area contributed by atoms with Crippen LogP contribution in [0.2, 0.25) is 0 Å². The van der Waals surface area contributed by atoms with E-state index in [1.165, 1.54) is 7.11 Å². The lowest BCUT2D eigenvalue weighted by molar-refractivity contribution is -0.153. The van der Waals surface area contributed by atoms with Gasteiger partial charge < -0.3 is 14.2 Å². The van der Waals surface area contributed by atoms with Gasteiger partial charge in [-0.2, -0.15) is 0 Å². The van der Waals surface area contributed by atoms with Crippen LogP contribution in [0.3, 0.4) is 0 Å². The molecule has 4 atom stereocenters. The van der Waals surface area contributed by atoms with Crippen LogP contribution < -0.4 is 5.32 Å². The highest BCUT2D eigenvalue weighted by molar-refractivity contribution is 6.10. The third-order valence-corrected chi connectivity index (χ3v) is 5.87. The first-order valence-corrected chi connectivity index (χ1v) is 9.59. The number of fused-ring (bicyclic) bond motifs is 8. The topological polar surface area (TPSA) is 99.6 Å². The van der Waals surface area contributed by atoms with Crippen LogP contribution in [0.5, 0.6) is 0 Å². The van der Waals surface area contributed by atoms with Gasteiger partial charge >= 0.3 is 5.97 Å². The van der Waals surface area contributed by atoms with Crippen molar-refractivity contribution < 1.29 is 23.8 Å². The lowest BCUT2D eigenvalue weighted by atomic mass is 9.92. The van der Waals surface area contributed by atoms with E-state index >= 15 is 0 Å². The zero-order chi connectivity index (χ0) is 20.3. The van der Waals surface area contributed by atoms with Crippen molar-refractivity contribution in [2.75, 3.05) is 12.4 Å². The number of anilines is 1. The number of amides is 1. The molecule has 150 valence electrons. The van der Waals surface area contributed by atoms with Crippen LogP contribution >= 0.6 is 0 Å². The fourth-order valence-electron chi connectivity index (χ4n) is 4.74. The SMILES string of the molecule is COC(=O)c1ccccc1C(=O)Nc1ncc2c(n1)[C@@H]1C[C@H]2[C@H]2OC(C)(C)O[C@H]21. The minimum absolute atomic E-state index is 0.0264. The van der Waals surface area contributed by atoms with E-state index in [1.807, 2.05) is 13.8 Å². The minimum Gasteiger partial charge on any atom is -0.465 e. The van der Waals surface area contributed by atoms with E-state index < -0.39 is 17.7 Å². The third kappa shape index (κ3) is 2.82. The molecular formula is C21H21N3O5. The molecule has 1 saturated heterocycles. The summed E-state index contributed by atoms with van der Waals surface area (Å²) in [6.45, 7) is 3.84. The summed E-state index contributed by atoms with van der Waals surface area (Å²) in [4.78, 5) is 33.6. The number of carbonyl (C=O) groups excluding carboxylic acids is 2. The van der Waals surface area contributed by atoms with Gasteiger partial charge in [-0.15, -0.1) is 0 Å². The summed E-state index contributed by atoms with van der Waals surface area (Å²) in [6, 6.07) is 6.46. The van der Waals surface area contributed by atoms with Crippen LogP contribution in [0, 0.1) is 0 Å². The van der Waals surface area contributed by atoms with Crippen molar-refractivity contribution in [3.63, 3.8) is 0 Å². The standard InChI is InChI=1S/C21H21N3O5/c1-21(2)28-16-12-8-13(17(16)29-21)15-14(12)9-22-20(23-15)24-18(25)10-6-4-5-7-11(10)19(26)27-3/h4-7,9,12-13,16-17H,8H2,1-3H3,(H,22,23,24,25)/t12-,13+,16-,17+/m1/s1. The number of nitrogens with zero attached hydrogens (tertiary/aromatic N) is 2. The van der Waals surface area contributed by atoms with E-state index in [2.05, 4.69) is 15.3 Å². The lowest BCUT2D eigenvalue weighted by Gasteiger charge is -2.23. The molecule has 2 heterocycles. The summed E-state index contributed by atoms with van der Waals surface area (Å²) in [5, 5.41) is 2.70. The molecule has 5 rings (SSSR count). The number of nitrogens with one attached hydrogen (secondary N) is 1. The number of methoxy groups -OCH3 is 1. The van der Waals surface area contributed by atoms with E-state index in [1.54, 1.807) is 30.5 Å². The largest absolute Gasteiger partial charge is 0.465 e. The molecule has 0 spiro atoms. The Labute approximate surface area is 167 Å². The first-order valence-electron chi connectivity index (χ1n) is 9.59. The summed E-state index contributed by atoms with van der Waals surface area (Å²) < 4.78 is 16.9. The van der Waals surface area contributed by atoms with E-state index in [9.17, 15) is 9.59 Å². The molecule has 8 heteroatoms. The summed E-state index contributed by atoms with van der Waals surface area (Å²) in [7, 11) is 1.28. The van der Waals surface area contributed by atoms with Crippen LogP contribution in [0.15, 0.2) is 30.5 Å². The third-order valence-electron chi connectivity index (χ3n) is 5.87. The Morgan fingerprint density at radius 3 is 2.55 bits per heavy atom. The van der Waals surface area contributed by atoms with E-state index in [0.29, 0.717) is 0 Å². The average Bonchev–Trinajstić information content (AvgIpc) is 3.34. The average molecular weight is 395 g/mol. The van der Waals surface area contributed by atoms with Gasteiger partial charge in [0.15, 0.2) is 5.79 Å². The second-order valence-corrected chi connectivity index (χ2v) is 8.04. The molecule has 8 nitrogen and oxygen atoms in total. The van der Waals surface area contributed by atoms with Crippen molar-refractivity contribution in [1.82, 2.24) is 9.97 Å². The predicted molar refractivity (Wildman–Crippen MR) is 102 cm³/mol. The lowest BCUT2D eigenvalue weighted by Crippen LogP contribution is -2.29. The van der Waals surface area contributed by atoms with Gasteiger partial charge in [-0.25, -0.2) is 14.8 Å². The van der Waals surface area contributed by atoms with Gasteiger partial charge in [-0.05, 0) is 38.0 Å². The number of rotatable bonds is 3. The maximum atomic E-state index is 12.7. The van der Waals surface area contributed by atoms with Gasteiger partial charge in [0, 0.05) is 18.0 Å². The smallest absolute Gasteiger partial charge is 0.338 e. The summed E-state index contributed by atoms with van der Waals surface area (Å²) in [5.74, 6) is -1.09. The fourth-order valence-corrected chi connectivity index (χ4v) is 4.74. The van der Waals surface area contributed by atoms with Crippen molar-refractivity contribution in [3.8, 4) is 0 Å². The van der Waals surface area contributed by atoms with Crippen LogP contribution in [0.25, 0.3) is 0 Å². The maximum absolute atomic E-state index is 12.7. The molecule has 1 aliphatic heterocycles. The van der Waals surface area contributed by atoms with Crippen molar-refractivity contribution in [3.05, 3.63) is 52.8 Å².